The van der Waals surface area contributed by atoms with Gasteiger partial charge in [-0.25, -0.2) is 0 Å². The molecule has 0 aliphatic heterocycles. The minimum absolute atomic E-state index is 0.160. The lowest BCUT2D eigenvalue weighted by atomic mass is 10.2. The second kappa shape index (κ2) is 13.0. The van der Waals surface area contributed by atoms with Crippen molar-refractivity contribution in [1.82, 2.24) is 0 Å². The van der Waals surface area contributed by atoms with Gasteiger partial charge in [0, 0.05) is 0 Å². The third-order valence-corrected chi connectivity index (χ3v) is 5.54. The standard InChI is InChI=1S/C20H35O6P/c1-6-11-22-18-14-17(16-27(21,25-9-4)26-10-5)15-19(23-12-7-2)20(18)24-13-8-3/h14-15H,6-13,16H2,1-5H3. The van der Waals surface area contributed by atoms with E-state index in [1.807, 2.05) is 32.9 Å². The smallest absolute Gasteiger partial charge is 0.335 e. The summed E-state index contributed by atoms with van der Waals surface area (Å²) < 4.78 is 41.5. The lowest BCUT2D eigenvalue weighted by molar-refractivity contribution is 0.219. The number of ether oxygens (including phenoxy) is 3. The first kappa shape index (κ1) is 23.8. The van der Waals surface area contributed by atoms with Crippen LogP contribution >= 0.6 is 7.60 Å². The zero-order valence-corrected chi connectivity index (χ0v) is 18.3. The maximum absolute atomic E-state index is 12.9. The van der Waals surface area contributed by atoms with Gasteiger partial charge in [-0.15, -0.1) is 0 Å². The van der Waals surface area contributed by atoms with Crippen molar-refractivity contribution in [3.63, 3.8) is 0 Å². The highest BCUT2D eigenvalue weighted by Gasteiger charge is 2.26. The molecule has 0 aromatic heterocycles. The van der Waals surface area contributed by atoms with Gasteiger partial charge in [0.2, 0.25) is 5.75 Å². The molecule has 0 radical (unpaired) electrons. The quantitative estimate of drug-likeness (QED) is 0.345. The van der Waals surface area contributed by atoms with Gasteiger partial charge in [-0.1, -0.05) is 20.8 Å². The van der Waals surface area contributed by atoms with E-state index in [1.54, 1.807) is 13.8 Å². The summed E-state index contributed by atoms with van der Waals surface area (Å²) in [5.74, 6) is 1.81. The normalized spacial score (nSPS) is 11.4. The first-order valence-corrected chi connectivity index (χ1v) is 11.7. The Morgan fingerprint density at radius 2 is 1.19 bits per heavy atom. The highest BCUT2D eigenvalue weighted by molar-refractivity contribution is 7.53. The number of hydrogen-bond acceptors (Lipinski definition) is 6. The molecule has 1 rings (SSSR count). The molecule has 1 aromatic carbocycles. The molecule has 0 bridgehead atoms. The molecule has 0 aliphatic rings. The van der Waals surface area contributed by atoms with E-state index in [9.17, 15) is 4.57 Å². The van der Waals surface area contributed by atoms with Crippen molar-refractivity contribution in [2.75, 3.05) is 33.0 Å². The number of benzene rings is 1. The number of hydrogen-bond donors (Lipinski definition) is 0. The maximum Gasteiger partial charge on any atom is 0.335 e. The molecular weight excluding hydrogens is 367 g/mol. The average Bonchev–Trinajstić information content (AvgIpc) is 2.63. The molecule has 0 N–H and O–H groups in total. The third-order valence-electron chi connectivity index (χ3n) is 3.48. The fourth-order valence-electron chi connectivity index (χ4n) is 2.45. The zero-order valence-electron chi connectivity index (χ0n) is 17.4. The summed E-state index contributed by atoms with van der Waals surface area (Å²) in [4.78, 5) is 0. The van der Waals surface area contributed by atoms with E-state index in [2.05, 4.69) is 0 Å². The summed E-state index contributed by atoms with van der Waals surface area (Å²) in [5.41, 5.74) is 0.779. The molecule has 7 heteroatoms. The van der Waals surface area contributed by atoms with E-state index in [1.165, 1.54) is 0 Å². The SMILES string of the molecule is CCCOc1cc(CP(=O)(OCC)OCC)cc(OCCC)c1OCCC. The van der Waals surface area contributed by atoms with E-state index in [0.717, 1.165) is 24.8 Å². The van der Waals surface area contributed by atoms with Crippen LogP contribution in [-0.4, -0.2) is 33.0 Å². The minimum Gasteiger partial charge on any atom is -0.490 e. The van der Waals surface area contributed by atoms with Crippen LogP contribution in [0.5, 0.6) is 17.2 Å². The van der Waals surface area contributed by atoms with Crippen molar-refractivity contribution >= 4 is 7.60 Å². The fraction of sp³-hybridized carbons (Fsp3) is 0.700. The predicted molar refractivity (Wildman–Crippen MR) is 108 cm³/mol. The van der Waals surface area contributed by atoms with Crippen LogP contribution in [0, 0.1) is 0 Å². The molecule has 0 atom stereocenters. The lowest BCUT2D eigenvalue weighted by Gasteiger charge is -2.20. The van der Waals surface area contributed by atoms with Gasteiger partial charge < -0.3 is 23.3 Å². The molecule has 0 saturated carbocycles. The molecule has 0 unspecified atom stereocenters. The van der Waals surface area contributed by atoms with Gasteiger partial charge in [-0.2, -0.15) is 0 Å². The Kier molecular flexibility index (Phi) is 11.5. The molecule has 0 spiro atoms. The van der Waals surface area contributed by atoms with Crippen LogP contribution in [0.4, 0.5) is 0 Å². The molecule has 0 aliphatic carbocycles. The van der Waals surface area contributed by atoms with Crippen molar-refractivity contribution in [2.45, 2.75) is 60.0 Å². The second-order valence-electron chi connectivity index (χ2n) is 6.07. The molecule has 27 heavy (non-hydrogen) atoms. The Labute approximate surface area is 164 Å². The van der Waals surface area contributed by atoms with E-state index < -0.39 is 7.60 Å². The summed E-state index contributed by atoms with van der Waals surface area (Å²) >= 11 is 0. The van der Waals surface area contributed by atoms with Crippen molar-refractivity contribution < 1.29 is 27.8 Å². The highest BCUT2D eigenvalue weighted by Crippen LogP contribution is 2.52. The third kappa shape index (κ3) is 8.12. The Bertz CT molecular complexity index is 551. The van der Waals surface area contributed by atoms with Gasteiger partial charge in [0.15, 0.2) is 11.5 Å². The summed E-state index contributed by atoms with van der Waals surface area (Å²) in [5, 5.41) is 0. The minimum atomic E-state index is -3.22. The van der Waals surface area contributed by atoms with Crippen molar-refractivity contribution in [2.24, 2.45) is 0 Å². The van der Waals surface area contributed by atoms with E-state index in [4.69, 9.17) is 23.3 Å². The van der Waals surface area contributed by atoms with Crippen LogP contribution < -0.4 is 14.2 Å². The fourth-order valence-corrected chi connectivity index (χ4v) is 4.13. The van der Waals surface area contributed by atoms with Gasteiger partial charge >= 0.3 is 7.60 Å². The molecule has 0 amide bonds. The Balaban J connectivity index is 3.27. The Morgan fingerprint density at radius 1 is 0.741 bits per heavy atom. The average molecular weight is 402 g/mol. The van der Waals surface area contributed by atoms with Crippen molar-refractivity contribution in [1.29, 1.82) is 0 Å². The van der Waals surface area contributed by atoms with Gasteiger partial charge in [-0.3, -0.25) is 4.57 Å². The first-order valence-electron chi connectivity index (χ1n) is 9.96. The van der Waals surface area contributed by atoms with Crippen LogP contribution in [0.1, 0.15) is 59.4 Å². The zero-order chi connectivity index (χ0) is 20.1. The van der Waals surface area contributed by atoms with Crippen molar-refractivity contribution in [3.05, 3.63) is 17.7 Å². The van der Waals surface area contributed by atoms with E-state index in [0.29, 0.717) is 50.3 Å². The predicted octanol–water partition coefficient (Wildman–Crippen LogP) is 5.82. The molecule has 0 saturated heterocycles. The summed E-state index contributed by atoms with van der Waals surface area (Å²) in [6.07, 6.45) is 2.79. The molecular formula is C20H35O6P. The molecule has 6 nitrogen and oxygen atoms in total. The summed E-state index contributed by atoms with van der Waals surface area (Å²) in [7, 11) is -3.22. The van der Waals surface area contributed by atoms with Crippen LogP contribution in [0.15, 0.2) is 12.1 Å². The molecule has 0 fully saturated rings. The van der Waals surface area contributed by atoms with E-state index in [-0.39, 0.29) is 6.16 Å². The van der Waals surface area contributed by atoms with Gasteiger partial charge in [0.1, 0.15) is 0 Å². The molecule has 0 heterocycles. The topological polar surface area (TPSA) is 63.2 Å². The largest absolute Gasteiger partial charge is 0.490 e. The Morgan fingerprint density at radius 3 is 1.59 bits per heavy atom. The van der Waals surface area contributed by atoms with Gasteiger partial charge in [-0.05, 0) is 50.8 Å². The lowest BCUT2D eigenvalue weighted by Crippen LogP contribution is -2.06. The molecule has 1 aromatic rings. The van der Waals surface area contributed by atoms with Gasteiger partial charge in [0.05, 0.1) is 39.2 Å². The van der Waals surface area contributed by atoms with Crippen LogP contribution in [0.25, 0.3) is 0 Å². The second-order valence-corrected chi connectivity index (χ2v) is 8.13. The highest BCUT2D eigenvalue weighted by atomic mass is 31.2. The monoisotopic (exact) mass is 402 g/mol. The first-order chi connectivity index (χ1) is 13.0. The summed E-state index contributed by atoms with van der Waals surface area (Å²) in [6.45, 7) is 12.1. The van der Waals surface area contributed by atoms with Crippen LogP contribution in [0.3, 0.4) is 0 Å². The van der Waals surface area contributed by atoms with Crippen LogP contribution in [0.2, 0.25) is 0 Å². The van der Waals surface area contributed by atoms with Crippen molar-refractivity contribution in [3.8, 4) is 17.2 Å². The maximum atomic E-state index is 12.9. The van der Waals surface area contributed by atoms with Gasteiger partial charge in [0.25, 0.3) is 0 Å². The molecule has 156 valence electrons. The van der Waals surface area contributed by atoms with Crippen LogP contribution in [-0.2, 0) is 19.8 Å². The number of rotatable bonds is 15. The Hall–Kier alpha value is -1.23. The van der Waals surface area contributed by atoms with E-state index >= 15 is 0 Å². The summed E-state index contributed by atoms with van der Waals surface area (Å²) in [6, 6.07) is 3.70.